The summed E-state index contributed by atoms with van der Waals surface area (Å²) in [5.74, 6) is -1.52. The molecule has 10 nitrogen and oxygen atoms in total. The van der Waals surface area contributed by atoms with Crippen LogP contribution in [0, 0.1) is 5.92 Å². The Balaban J connectivity index is 2.87. The molecule has 8 N–H and O–H groups in total. The Morgan fingerprint density at radius 1 is 1.07 bits per heavy atom. The summed E-state index contributed by atoms with van der Waals surface area (Å²) in [7, 11) is 0. The SMILES string of the molecule is CC(C)C[C@H](NC(=O)[C@H](CCC(C)N=C(N)N)NC(=O)c1ccco1)C(N)=O. The van der Waals surface area contributed by atoms with Crippen molar-refractivity contribution in [3.8, 4) is 0 Å². The number of carbonyl (C=O) groups is 3. The minimum atomic E-state index is -0.914. The number of guanidine groups is 1. The van der Waals surface area contributed by atoms with Gasteiger partial charge >= 0.3 is 0 Å². The molecule has 0 spiro atoms. The van der Waals surface area contributed by atoms with Crippen molar-refractivity contribution in [1.82, 2.24) is 10.6 Å². The van der Waals surface area contributed by atoms with Gasteiger partial charge in [0.05, 0.1) is 12.3 Å². The Morgan fingerprint density at radius 3 is 2.25 bits per heavy atom. The molecule has 3 amide bonds. The van der Waals surface area contributed by atoms with Crippen molar-refractivity contribution < 1.29 is 18.8 Å². The largest absolute Gasteiger partial charge is 0.459 e. The van der Waals surface area contributed by atoms with Gasteiger partial charge in [-0.15, -0.1) is 0 Å². The highest BCUT2D eigenvalue weighted by Crippen LogP contribution is 2.10. The fraction of sp³-hybridized carbons (Fsp3) is 0.556. The third-order valence-electron chi connectivity index (χ3n) is 3.98. The third kappa shape index (κ3) is 8.11. The lowest BCUT2D eigenvalue weighted by Crippen LogP contribution is -2.53. The van der Waals surface area contributed by atoms with E-state index in [0.717, 1.165) is 0 Å². The summed E-state index contributed by atoms with van der Waals surface area (Å²) in [6, 6.07) is 1.06. The minimum absolute atomic E-state index is 0.0566. The van der Waals surface area contributed by atoms with Crippen LogP contribution in [0.2, 0.25) is 0 Å². The van der Waals surface area contributed by atoms with E-state index in [1.165, 1.54) is 12.3 Å². The average molecular weight is 394 g/mol. The number of furan rings is 1. The number of amides is 3. The first-order valence-corrected chi connectivity index (χ1v) is 9.13. The van der Waals surface area contributed by atoms with E-state index in [1.54, 1.807) is 13.0 Å². The topological polar surface area (TPSA) is 179 Å². The molecule has 1 unspecified atom stereocenters. The molecular weight excluding hydrogens is 364 g/mol. The molecule has 0 radical (unpaired) electrons. The monoisotopic (exact) mass is 394 g/mol. The average Bonchev–Trinajstić information content (AvgIpc) is 3.11. The summed E-state index contributed by atoms with van der Waals surface area (Å²) in [6.45, 7) is 5.61. The summed E-state index contributed by atoms with van der Waals surface area (Å²) in [4.78, 5) is 40.7. The number of carbonyl (C=O) groups excluding carboxylic acids is 3. The number of primary amides is 1. The predicted molar refractivity (Wildman–Crippen MR) is 105 cm³/mol. The van der Waals surface area contributed by atoms with E-state index < -0.39 is 29.8 Å². The number of nitrogens with one attached hydrogen (secondary N) is 2. The van der Waals surface area contributed by atoms with Crippen LogP contribution in [0.15, 0.2) is 27.8 Å². The minimum Gasteiger partial charge on any atom is -0.459 e. The quantitative estimate of drug-likeness (QED) is 0.257. The predicted octanol–water partition coefficient (Wildman–Crippen LogP) is -0.164. The highest BCUT2D eigenvalue weighted by molar-refractivity contribution is 5.96. The van der Waals surface area contributed by atoms with Gasteiger partial charge in [-0.05, 0) is 44.2 Å². The molecule has 0 bridgehead atoms. The standard InChI is InChI=1S/C18H30N6O4/c1-10(2)9-13(15(19)25)24-16(26)12(7-6-11(3)22-18(20)21)23-17(27)14-5-4-8-28-14/h4-5,8,10-13H,6-7,9H2,1-3H3,(H2,19,25)(H,23,27)(H,24,26)(H4,20,21,22)/t11?,12-,13-/m0/s1. The zero-order valence-corrected chi connectivity index (χ0v) is 16.5. The summed E-state index contributed by atoms with van der Waals surface area (Å²) < 4.78 is 5.05. The van der Waals surface area contributed by atoms with E-state index in [9.17, 15) is 14.4 Å². The number of hydrogen-bond donors (Lipinski definition) is 5. The summed E-state index contributed by atoms with van der Waals surface area (Å²) in [6.07, 6.45) is 2.43. The second-order valence-electron chi connectivity index (χ2n) is 7.08. The van der Waals surface area contributed by atoms with Crippen molar-refractivity contribution in [3.63, 3.8) is 0 Å². The number of nitrogens with zero attached hydrogens (tertiary/aromatic N) is 1. The lowest BCUT2D eigenvalue weighted by atomic mass is 10.0. The second kappa shape index (κ2) is 11.0. The first kappa shape index (κ1) is 23.0. The number of aliphatic imine (C=N–C) groups is 1. The Morgan fingerprint density at radius 2 is 1.75 bits per heavy atom. The van der Waals surface area contributed by atoms with Crippen LogP contribution in [-0.4, -0.2) is 41.8 Å². The van der Waals surface area contributed by atoms with Gasteiger partial charge in [0.25, 0.3) is 5.91 Å². The van der Waals surface area contributed by atoms with Gasteiger partial charge < -0.3 is 32.3 Å². The molecule has 0 aliphatic rings. The molecule has 1 aromatic rings. The molecule has 3 atom stereocenters. The van der Waals surface area contributed by atoms with E-state index in [0.29, 0.717) is 12.8 Å². The molecule has 0 aliphatic heterocycles. The van der Waals surface area contributed by atoms with Crippen molar-refractivity contribution in [2.75, 3.05) is 0 Å². The summed E-state index contributed by atoms with van der Waals surface area (Å²) in [5, 5.41) is 5.24. The van der Waals surface area contributed by atoms with Crippen molar-refractivity contribution in [3.05, 3.63) is 24.2 Å². The normalized spacial score (nSPS) is 14.0. The van der Waals surface area contributed by atoms with E-state index in [-0.39, 0.29) is 30.1 Å². The molecule has 1 rings (SSSR count). The van der Waals surface area contributed by atoms with Gasteiger partial charge in [-0.3, -0.25) is 19.4 Å². The van der Waals surface area contributed by atoms with E-state index in [2.05, 4.69) is 15.6 Å². The van der Waals surface area contributed by atoms with Crippen LogP contribution < -0.4 is 27.8 Å². The molecular formula is C18H30N6O4. The maximum Gasteiger partial charge on any atom is 0.287 e. The first-order chi connectivity index (χ1) is 13.1. The van der Waals surface area contributed by atoms with Crippen molar-refractivity contribution in [2.24, 2.45) is 28.1 Å². The molecule has 156 valence electrons. The Labute approximate surface area is 164 Å². The smallest absolute Gasteiger partial charge is 0.287 e. The maximum atomic E-state index is 12.7. The van der Waals surface area contributed by atoms with Gasteiger partial charge in [-0.25, -0.2) is 0 Å². The molecule has 10 heteroatoms. The van der Waals surface area contributed by atoms with Crippen LogP contribution in [0.4, 0.5) is 0 Å². The fourth-order valence-corrected chi connectivity index (χ4v) is 2.62. The molecule has 0 saturated heterocycles. The van der Waals surface area contributed by atoms with Crippen LogP contribution in [0.25, 0.3) is 0 Å². The molecule has 0 aromatic carbocycles. The zero-order valence-electron chi connectivity index (χ0n) is 16.5. The zero-order chi connectivity index (χ0) is 21.3. The number of nitrogens with two attached hydrogens (primary N) is 3. The van der Waals surface area contributed by atoms with E-state index in [4.69, 9.17) is 21.6 Å². The fourth-order valence-electron chi connectivity index (χ4n) is 2.62. The van der Waals surface area contributed by atoms with Crippen molar-refractivity contribution in [1.29, 1.82) is 0 Å². The lowest BCUT2D eigenvalue weighted by molar-refractivity contribution is -0.129. The summed E-state index contributed by atoms with van der Waals surface area (Å²) >= 11 is 0. The van der Waals surface area contributed by atoms with E-state index >= 15 is 0 Å². The van der Waals surface area contributed by atoms with Crippen LogP contribution in [-0.2, 0) is 9.59 Å². The van der Waals surface area contributed by atoms with Crippen LogP contribution in [0.1, 0.15) is 50.6 Å². The molecule has 0 saturated carbocycles. The molecule has 28 heavy (non-hydrogen) atoms. The highest BCUT2D eigenvalue weighted by Gasteiger charge is 2.27. The van der Waals surface area contributed by atoms with Crippen molar-refractivity contribution >= 4 is 23.7 Å². The van der Waals surface area contributed by atoms with Gasteiger partial charge in [0.15, 0.2) is 11.7 Å². The molecule has 0 aliphatic carbocycles. The Hall–Kier alpha value is -3.04. The number of hydrogen-bond acceptors (Lipinski definition) is 5. The molecule has 0 fully saturated rings. The van der Waals surface area contributed by atoms with E-state index in [1.807, 2.05) is 13.8 Å². The Bertz CT molecular complexity index is 682. The summed E-state index contributed by atoms with van der Waals surface area (Å²) in [5.41, 5.74) is 16.1. The van der Waals surface area contributed by atoms with Gasteiger partial charge in [0.1, 0.15) is 12.1 Å². The van der Waals surface area contributed by atoms with Crippen molar-refractivity contribution in [2.45, 2.75) is 58.2 Å². The molecule has 1 aromatic heterocycles. The maximum absolute atomic E-state index is 12.7. The van der Waals surface area contributed by atoms with Crippen LogP contribution in [0.3, 0.4) is 0 Å². The van der Waals surface area contributed by atoms with Gasteiger partial charge in [0, 0.05) is 0 Å². The van der Waals surface area contributed by atoms with Crippen LogP contribution in [0.5, 0.6) is 0 Å². The van der Waals surface area contributed by atoms with Gasteiger partial charge in [0.2, 0.25) is 11.8 Å². The van der Waals surface area contributed by atoms with Gasteiger partial charge in [-0.1, -0.05) is 13.8 Å². The highest BCUT2D eigenvalue weighted by atomic mass is 16.3. The number of rotatable bonds is 11. The van der Waals surface area contributed by atoms with Gasteiger partial charge in [-0.2, -0.15) is 0 Å². The third-order valence-corrected chi connectivity index (χ3v) is 3.98. The Kier molecular flexibility index (Phi) is 9.00. The molecule has 1 heterocycles. The van der Waals surface area contributed by atoms with Crippen LogP contribution >= 0.6 is 0 Å². The first-order valence-electron chi connectivity index (χ1n) is 9.13. The second-order valence-corrected chi connectivity index (χ2v) is 7.08. The lowest BCUT2D eigenvalue weighted by Gasteiger charge is -2.23.